The van der Waals surface area contributed by atoms with E-state index >= 15 is 0 Å². The number of aryl methyl sites for hydroxylation is 2. The SMILES string of the molecule is COc1c(O)c(CCc2cccc(-c3cc(C4(C)CCCC4)[nH]c3N3CCNCC3)c2)c2oc(-c3ccc(O)cc3)cc(=O)c2c1O. The highest BCUT2D eigenvalue weighted by molar-refractivity contribution is 5.92. The molecule has 3 aromatic carbocycles. The van der Waals surface area contributed by atoms with Crippen LogP contribution in [0.15, 0.2) is 69.9 Å². The van der Waals surface area contributed by atoms with E-state index in [-0.39, 0.29) is 39.4 Å². The Balaban J connectivity index is 1.26. The number of hydrogen-bond donors (Lipinski definition) is 5. The zero-order chi connectivity index (χ0) is 32.7. The fourth-order valence-corrected chi connectivity index (χ4v) is 7.31. The Kier molecular flexibility index (Phi) is 8.09. The van der Waals surface area contributed by atoms with Crippen molar-refractivity contribution in [2.75, 3.05) is 38.2 Å². The van der Waals surface area contributed by atoms with E-state index in [9.17, 15) is 20.1 Å². The van der Waals surface area contributed by atoms with Crippen LogP contribution < -0.4 is 20.4 Å². The molecule has 0 radical (unpaired) electrons. The number of nitrogens with zero attached hydrogens (tertiary/aromatic N) is 1. The van der Waals surface area contributed by atoms with Gasteiger partial charge in [0.2, 0.25) is 5.75 Å². The van der Waals surface area contributed by atoms with Crippen LogP contribution in [0.3, 0.4) is 0 Å². The second-order valence-corrected chi connectivity index (χ2v) is 13.1. The number of fused-ring (bicyclic) bond motifs is 1. The lowest BCUT2D eigenvalue weighted by molar-refractivity contribution is 0.344. The van der Waals surface area contributed by atoms with Gasteiger partial charge in [-0.05, 0) is 67.1 Å². The number of aromatic nitrogens is 1. The van der Waals surface area contributed by atoms with Crippen molar-refractivity contribution in [3.8, 4) is 45.4 Å². The summed E-state index contributed by atoms with van der Waals surface area (Å²) in [5, 5.41) is 35.4. The number of H-pyrrole nitrogens is 1. The van der Waals surface area contributed by atoms with Crippen LogP contribution in [0.1, 0.15) is 49.4 Å². The first-order valence-electron chi connectivity index (χ1n) is 16.4. The van der Waals surface area contributed by atoms with Crippen molar-refractivity contribution in [2.24, 2.45) is 0 Å². The molecule has 2 fully saturated rings. The maximum Gasteiger partial charge on any atom is 0.204 e. The molecule has 0 atom stereocenters. The third-order valence-corrected chi connectivity index (χ3v) is 10.0. The zero-order valence-electron chi connectivity index (χ0n) is 26.9. The van der Waals surface area contributed by atoms with E-state index in [0.29, 0.717) is 24.0 Å². The third-order valence-electron chi connectivity index (χ3n) is 10.0. The van der Waals surface area contributed by atoms with Crippen molar-refractivity contribution in [1.29, 1.82) is 0 Å². The van der Waals surface area contributed by atoms with Gasteiger partial charge in [-0.1, -0.05) is 44.0 Å². The number of phenolic OH excluding ortho intramolecular Hbond substituents is 3. The number of hydrogen-bond acceptors (Lipinski definition) is 8. The number of rotatable bonds is 8. The normalized spacial score (nSPS) is 16.2. The molecule has 3 heterocycles. The minimum atomic E-state index is -0.465. The molecule has 7 rings (SSSR count). The number of anilines is 1. The number of piperazine rings is 1. The van der Waals surface area contributed by atoms with Crippen molar-refractivity contribution in [1.82, 2.24) is 10.3 Å². The molecule has 0 amide bonds. The van der Waals surface area contributed by atoms with E-state index in [1.165, 1.54) is 68.1 Å². The van der Waals surface area contributed by atoms with Gasteiger partial charge in [0.25, 0.3) is 0 Å². The molecular weight excluding hydrogens is 594 g/mol. The first-order chi connectivity index (χ1) is 22.8. The summed E-state index contributed by atoms with van der Waals surface area (Å²) in [4.78, 5) is 19.6. The Hall–Kier alpha value is -4.89. The fraction of sp³-hybridized carbons (Fsp3) is 0.342. The molecule has 244 valence electrons. The maximum absolute atomic E-state index is 13.3. The second-order valence-electron chi connectivity index (χ2n) is 13.1. The van der Waals surface area contributed by atoms with Gasteiger partial charge in [-0.15, -0.1) is 0 Å². The number of ether oxygens (including phenoxy) is 1. The van der Waals surface area contributed by atoms with E-state index in [1.807, 2.05) is 0 Å². The maximum atomic E-state index is 13.3. The quantitative estimate of drug-likeness (QED) is 0.129. The monoisotopic (exact) mass is 635 g/mol. The number of methoxy groups -OCH3 is 1. The van der Waals surface area contributed by atoms with Crippen LogP contribution in [0, 0.1) is 0 Å². The summed E-state index contributed by atoms with van der Waals surface area (Å²) in [6.07, 6.45) is 5.74. The Morgan fingerprint density at radius 3 is 2.38 bits per heavy atom. The van der Waals surface area contributed by atoms with Gasteiger partial charge in [0.15, 0.2) is 16.9 Å². The van der Waals surface area contributed by atoms with Gasteiger partial charge in [0.05, 0.1) is 7.11 Å². The van der Waals surface area contributed by atoms with Gasteiger partial charge < -0.3 is 39.7 Å². The summed E-state index contributed by atoms with van der Waals surface area (Å²) in [6.45, 7) is 6.15. The van der Waals surface area contributed by atoms with Crippen molar-refractivity contribution in [3.05, 3.63) is 87.7 Å². The fourth-order valence-electron chi connectivity index (χ4n) is 7.31. The molecule has 5 aromatic rings. The summed E-state index contributed by atoms with van der Waals surface area (Å²) >= 11 is 0. The van der Waals surface area contributed by atoms with Gasteiger partial charge >= 0.3 is 0 Å². The van der Waals surface area contributed by atoms with Crippen molar-refractivity contribution >= 4 is 16.8 Å². The molecule has 1 aliphatic carbocycles. The van der Waals surface area contributed by atoms with Crippen LogP contribution in [0.5, 0.6) is 23.0 Å². The van der Waals surface area contributed by atoms with Gasteiger partial charge in [-0.2, -0.15) is 0 Å². The average Bonchev–Trinajstić information content (AvgIpc) is 3.74. The number of benzene rings is 3. The lowest BCUT2D eigenvalue weighted by Gasteiger charge is -2.30. The zero-order valence-corrected chi connectivity index (χ0v) is 26.9. The summed E-state index contributed by atoms with van der Waals surface area (Å²) in [5.74, 6) is 0.629. The Bertz CT molecular complexity index is 1980. The average molecular weight is 636 g/mol. The van der Waals surface area contributed by atoms with Crippen LogP contribution in [-0.2, 0) is 18.3 Å². The van der Waals surface area contributed by atoms with E-state index < -0.39 is 11.2 Å². The molecular formula is C38H41N3O6. The Morgan fingerprint density at radius 1 is 0.915 bits per heavy atom. The largest absolute Gasteiger partial charge is 0.508 e. The third kappa shape index (κ3) is 5.69. The van der Waals surface area contributed by atoms with Crippen LogP contribution in [-0.4, -0.2) is 53.6 Å². The molecule has 47 heavy (non-hydrogen) atoms. The van der Waals surface area contributed by atoms with Gasteiger partial charge in [0, 0.05) is 60.0 Å². The molecule has 1 aliphatic heterocycles. The first kappa shape index (κ1) is 30.7. The van der Waals surface area contributed by atoms with Crippen molar-refractivity contribution < 1.29 is 24.5 Å². The molecule has 0 bridgehead atoms. The van der Waals surface area contributed by atoms with E-state index in [4.69, 9.17) is 9.15 Å². The molecule has 9 nitrogen and oxygen atoms in total. The van der Waals surface area contributed by atoms with E-state index in [2.05, 4.69) is 52.5 Å². The summed E-state index contributed by atoms with van der Waals surface area (Å²) < 4.78 is 11.6. The lowest BCUT2D eigenvalue weighted by Crippen LogP contribution is -2.43. The van der Waals surface area contributed by atoms with Crippen LogP contribution >= 0.6 is 0 Å². The van der Waals surface area contributed by atoms with Crippen LogP contribution in [0.2, 0.25) is 0 Å². The Labute approximate surface area is 273 Å². The predicted molar refractivity (Wildman–Crippen MR) is 184 cm³/mol. The number of phenols is 3. The molecule has 2 aliphatic rings. The van der Waals surface area contributed by atoms with E-state index in [0.717, 1.165) is 37.3 Å². The van der Waals surface area contributed by atoms with Crippen molar-refractivity contribution in [3.63, 3.8) is 0 Å². The van der Waals surface area contributed by atoms with Crippen LogP contribution in [0.4, 0.5) is 5.82 Å². The van der Waals surface area contributed by atoms with E-state index in [1.54, 1.807) is 12.1 Å². The number of nitrogens with one attached hydrogen (secondary N) is 2. The molecule has 1 saturated heterocycles. The first-order valence-corrected chi connectivity index (χ1v) is 16.4. The highest BCUT2D eigenvalue weighted by Gasteiger charge is 2.34. The minimum absolute atomic E-state index is 0.0492. The number of aromatic hydroxyl groups is 3. The van der Waals surface area contributed by atoms with Crippen LogP contribution in [0.25, 0.3) is 33.4 Å². The number of aromatic amines is 1. The summed E-state index contributed by atoms with van der Waals surface area (Å²) in [7, 11) is 1.34. The van der Waals surface area contributed by atoms with Gasteiger partial charge in [-0.3, -0.25) is 4.79 Å². The molecule has 5 N–H and O–H groups in total. The molecule has 0 spiro atoms. The molecule has 1 saturated carbocycles. The molecule has 2 aromatic heterocycles. The second kappa shape index (κ2) is 12.4. The molecule has 9 heteroatoms. The van der Waals surface area contributed by atoms with Gasteiger partial charge in [-0.25, -0.2) is 0 Å². The topological polar surface area (TPSA) is 131 Å². The van der Waals surface area contributed by atoms with Crippen molar-refractivity contribution in [2.45, 2.75) is 50.9 Å². The standard InChI is InChI=1S/C38H41N3O6/c1-38(14-3-4-15-38)31-21-28(37(40-31)41-18-16-39-17-19-41)25-7-5-6-23(20-25)8-13-27-33(44)36(46-2)34(45)32-29(43)22-30(47-35(27)32)24-9-11-26(42)12-10-24/h5-7,9-12,20-22,39-40,42,44-45H,3-4,8,13-19H2,1-2H3. The smallest absolute Gasteiger partial charge is 0.204 e. The van der Waals surface area contributed by atoms with Gasteiger partial charge in [0.1, 0.15) is 28.3 Å². The summed E-state index contributed by atoms with van der Waals surface area (Å²) in [5.41, 5.74) is 5.42. The Morgan fingerprint density at radius 2 is 1.66 bits per heavy atom. The minimum Gasteiger partial charge on any atom is -0.508 e. The predicted octanol–water partition coefficient (Wildman–Crippen LogP) is 6.61. The molecule has 0 unspecified atom stereocenters. The highest BCUT2D eigenvalue weighted by Crippen LogP contribution is 2.46. The summed E-state index contributed by atoms with van der Waals surface area (Å²) in [6, 6.07) is 18.4. The lowest BCUT2D eigenvalue weighted by atomic mass is 9.85. The highest BCUT2D eigenvalue weighted by atomic mass is 16.5.